The molecule has 0 unspecified atom stereocenters. The average molecular weight is 249 g/mol. The second-order valence-electron chi connectivity index (χ2n) is 2.87. The van der Waals surface area contributed by atoms with Crippen molar-refractivity contribution in [2.24, 2.45) is 0 Å². The maximum absolute atomic E-state index is 10.8. The van der Waals surface area contributed by atoms with Gasteiger partial charge < -0.3 is 4.74 Å². The lowest BCUT2D eigenvalue weighted by atomic mass is 10.1. The molecule has 82 valence electrons. The van der Waals surface area contributed by atoms with Gasteiger partial charge in [-0.05, 0) is 17.7 Å². The maximum atomic E-state index is 10.8. The predicted molar refractivity (Wildman–Crippen MR) is 56.9 cm³/mol. The smallest absolute Gasteiger partial charge is 0.236 e. The van der Waals surface area contributed by atoms with Crippen LogP contribution in [0.2, 0.25) is 0 Å². The van der Waals surface area contributed by atoms with Crippen molar-refractivity contribution in [3.8, 4) is 5.75 Å². The van der Waals surface area contributed by atoms with Gasteiger partial charge in [0.25, 0.3) is 0 Å². The number of aldehydes is 1. The molecule has 0 aromatic heterocycles. The number of methoxy groups -OCH3 is 1. The number of rotatable bonds is 4. The Morgan fingerprint density at radius 2 is 2.13 bits per heavy atom. The van der Waals surface area contributed by atoms with Crippen LogP contribution < -0.4 is 4.74 Å². The second kappa shape index (κ2) is 4.63. The van der Waals surface area contributed by atoms with Crippen molar-refractivity contribution in [1.82, 2.24) is 0 Å². The van der Waals surface area contributed by atoms with Crippen molar-refractivity contribution in [3.63, 3.8) is 0 Å². The highest BCUT2D eigenvalue weighted by molar-refractivity contribution is 8.13. The van der Waals surface area contributed by atoms with Crippen molar-refractivity contribution < 1.29 is 17.9 Å². The Morgan fingerprint density at radius 3 is 2.60 bits per heavy atom. The van der Waals surface area contributed by atoms with Gasteiger partial charge in [0.1, 0.15) is 12.0 Å². The van der Waals surface area contributed by atoms with E-state index >= 15 is 0 Å². The summed E-state index contributed by atoms with van der Waals surface area (Å²) in [5, 5.41) is 0. The third-order valence-electron chi connectivity index (χ3n) is 1.81. The molecular formula is C9H9ClO4S. The van der Waals surface area contributed by atoms with Gasteiger partial charge in [-0.3, -0.25) is 4.79 Å². The molecule has 0 atom stereocenters. The van der Waals surface area contributed by atoms with Crippen LogP contribution in [-0.2, 0) is 14.8 Å². The first kappa shape index (κ1) is 12.0. The van der Waals surface area contributed by atoms with Gasteiger partial charge in [0, 0.05) is 16.2 Å². The van der Waals surface area contributed by atoms with E-state index in [0.717, 1.165) is 0 Å². The summed E-state index contributed by atoms with van der Waals surface area (Å²) < 4.78 is 26.6. The summed E-state index contributed by atoms with van der Waals surface area (Å²) >= 11 is 0. The Kier molecular flexibility index (Phi) is 3.71. The number of halogens is 1. The van der Waals surface area contributed by atoms with E-state index in [1.165, 1.54) is 19.2 Å². The van der Waals surface area contributed by atoms with Crippen LogP contribution in [0.5, 0.6) is 5.75 Å². The first-order chi connectivity index (χ1) is 6.96. The summed E-state index contributed by atoms with van der Waals surface area (Å²) in [5.74, 6) is 0.125. The molecule has 0 saturated heterocycles. The topological polar surface area (TPSA) is 60.4 Å². The molecular weight excluding hydrogens is 240 g/mol. The molecule has 1 aromatic rings. The minimum absolute atomic E-state index is 0.263. The van der Waals surface area contributed by atoms with Crippen LogP contribution in [-0.4, -0.2) is 21.8 Å². The molecule has 0 aliphatic heterocycles. The number of carbonyl (C=O) groups excluding carboxylic acids is 1. The largest absolute Gasteiger partial charge is 0.497 e. The molecule has 6 heteroatoms. The van der Waals surface area contributed by atoms with Crippen LogP contribution in [0.4, 0.5) is 0 Å². The second-order valence-corrected chi connectivity index (χ2v) is 5.64. The highest BCUT2D eigenvalue weighted by Gasteiger charge is 2.11. The first-order valence-corrected chi connectivity index (χ1v) is 6.48. The van der Waals surface area contributed by atoms with Crippen molar-refractivity contribution in [3.05, 3.63) is 29.3 Å². The lowest BCUT2D eigenvalue weighted by molar-refractivity contribution is 0.112. The Labute approximate surface area is 92.2 Å². The third kappa shape index (κ3) is 3.53. The fourth-order valence-electron chi connectivity index (χ4n) is 1.13. The molecule has 4 nitrogen and oxygen atoms in total. The van der Waals surface area contributed by atoms with Crippen molar-refractivity contribution in [1.29, 1.82) is 0 Å². The van der Waals surface area contributed by atoms with Crippen LogP contribution in [0.1, 0.15) is 15.9 Å². The number of hydrogen-bond acceptors (Lipinski definition) is 4. The highest BCUT2D eigenvalue weighted by atomic mass is 35.7. The number of ether oxygens (including phenoxy) is 1. The van der Waals surface area contributed by atoms with E-state index in [-0.39, 0.29) is 11.3 Å². The standard InChI is InChI=1S/C9H9ClO4S/c1-14-9-3-2-7(6-15(10,12)13)8(4-9)5-11/h2-5H,6H2,1H3. The van der Waals surface area contributed by atoms with Gasteiger partial charge in [-0.2, -0.15) is 0 Å². The van der Waals surface area contributed by atoms with Gasteiger partial charge in [0.2, 0.25) is 9.05 Å². The van der Waals surface area contributed by atoms with Gasteiger partial charge in [-0.15, -0.1) is 0 Å². The van der Waals surface area contributed by atoms with Gasteiger partial charge in [0.15, 0.2) is 0 Å². The molecule has 0 aliphatic carbocycles. The van der Waals surface area contributed by atoms with Crippen LogP contribution in [0.3, 0.4) is 0 Å². The number of hydrogen-bond donors (Lipinski definition) is 0. The minimum Gasteiger partial charge on any atom is -0.497 e. The number of carbonyl (C=O) groups is 1. The summed E-state index contributed by atoms with van der Waals surface area (Å²) in [5.41, 5.74) is 0.624. The van der Waals surface area contributed by atoms with E-state index < -0.39 is 9.05 Å². The summed E-state index contributed by atoms with van der Waals surface area (Å²) in [4.78, 5) is 10.7. The minimum atomic E-state index is -3.66. The Morgan fingerprint density at radius 1 is 1.47 bits per heavy atom. The first-order valence-electron chi connectivity index (χ1n) is 4.00. The van der Waals surface area contributed by atoms with Gasteiger partial charge in [-0.1, -0.05) is 6.07 Å². The molecule has 1 aromatic carbocycles. The monoisotopic (exact) mass is 248 g/mol. The van der Waals surface area contributed by atoms with Crippen LogP contribution in [0, 0.1) is 0 Å². The lowest BCUT2D eigenvalue weighted by Crippen LogP contribution is -2.00. The summed E-state index contributed by atoms with van der Waals surface area (Å²) in [7, 11) is 2.90. The highest BCUT2D eigenvalue weighted by Crippen LogP contribution is 2.19. The van der Waals surface area contributed by atoms with Crippen molar-refractivity contribution in [2.45, 2.75) is 5.75 Å². The van der Waals surface area contributed by atoms with Gasteiger partial charge in [-0.25, -0.2) is 8.42 Å². The molecule has 0 N–H and O–H groups in total. The fraction of sp³-hybridized carbons (Fsp3) is 0.222. The zero-order chi connectivity index (χ0) is 11.5. The van der Waals surface area contributed by atoms with Crippen LogP contribution >= 0.6 is 10.7 Å². The Bertz CT molecular complexity index is 467. The van der Waals surface area contributed by atoms with E-state index in [0.29, 0.717) is 17.6 Å². The van der Waals surface area contributed by atoms with E-state index in [4.69, 9.17) is 15.4 Å². The van der Waals surface area contributed by atoms with E-state index in [1.54, 1.807) is 6.07 Å². The molecule has 0 fully saturated rings. The summed E-state index contributed by atoms with van der Waals surface area (Å²) in [6.07, 6.45) is 0.569. The molecule has 0 amide bonds. The molecule has 1 rings (SSSR count). The Balaban J connectivity index is 3.14. The molecule has 0 spiro atoms. The average Bonchev–Trinajstić information content (AvgIpc) is 2.16. The zero-order valence-electron chi connectivity index (χ0n) is 7.94. The number of benzene rings is 1. The normalized spacial score (nSPS) is 11.1. The molecule has 0 radical (unpaired) electrons. The molecule has 0 aliphatic rings. The lowest BCUT2D eigenvalue weighted by Gasteiger charge is -2.05. The summed E-state index contributed by atoms with van der Waals surface area (Å²) in [6, 6.07) is 4.54. The van der Waals surface area contributed by atoms with Crippen molar-refractivity contribution >= 4 is 26.0 Å². The van der Waals surface area contributed by atoms with E-state index in [1.807, 2.05) is 0 Å². The fourth-order valence-corrected chi connectivity index (χ4v) is 2.11. The third-order valence-corrected chi connectivity index (χ3v) is 2.79. The molecule has 15 heavy (non-hydrogen) atoms. The van der Waals surface area contributed by atoms with E-state index in [2.05, 4.69) is 0 Å². The van der Waals surface area contributed by atoms with Crippen LogP contribution in [0.25, 0.3) is 0 Å². The zero-order valence-corrected chi connectivity index (χ0v) is 9.51. The Hall–Kier alpha value is -1.07. The van der Waals surface area contributed by atoms with Gasteiger partial charge in [0.05, 0.1) is 12.9 Å². The molecule has 0 bridgehead atoms. The van der Waals surface area contributed by atoms with Crippen molar-refractivity contribution in [2.75, 3.05) is 7.11 Å². The maximum Gasteiger partial charge on any atom is 0.236 e. The predicted octanol–water partition coefficient (Wildman–Crippen LogP) is 1.58. The molecule has 0 heterocycles. The summed E-state index contributed by atoms with van der Waals surface area (Å²) in [6.45, 7) is 0. The SMILES string of the molecule is COc1ccc(CS(=O)(=O)Cl)c(C=O)c1. The van der Waals surface area contributed by atoms with Crippen LogP contribution in [0.15, 0.2) is 18.2 Å². The van der Waals surface area contributed by atoms with Gasteiger partial charge >= 0.3 is 0 Å². The van der Waals surface area contributed by atoms with E-state index in [9.17, 15) is 13.2 Å². The molecule has 0 saturated carbocycles. The quantitative estimate of drug-likeness (QED) is 0.600.